The first-order valence-electron chi connectivity index (χ1n) is 6.26. The molecule has 0 aliphatic carbocycles. The second-order valence-corrected chi connectivity index (χ2v) is 6.05. The Morgan fingerprint density at radius 3 is 2.84 bits per heavy atom. The molecule has 1 fully saturated rings. The van der Waals surface area contributed by atoms with Crippen LogP contribution in [0.1, 0.15) is 17.5 Å². The van der Waals surface area contributed by atoms with E-state index in [9.17, 15) is 4.79 Å². The third kappa shape index (κ3) is 2.77. The fourth-order valence-electron chi connectivity index (χ4n) is 2.17. The summed E-state index contributed by atoms with van der Waals surface area (Å²) in [6, 6.07) is 5.77. The molecule has 0 saturated carbocycles. The Morgan fingerprint density at radius 2 is 2.16 bits per heavy atom. The van der Waals surface area contributed by atoms with E-state index < -0.39 is 0 Å². The van der Waals surface area contributed by atoms with Crippen LogP contribution in [-0.2, 0) is 4.79 Å². The number of carbonyl (C=O) groups is 1. The maximum Gasteiger partial charge on any atom is 0.255 e. The predicted molar refractivity (Wildman–Crippen MR) is 85.9 cm³/mol. The van der Waals surface area contributed by atoms with Gasteiger partial charge < -0.3 is 5.32 Å². The third-order valence-electron chi connectivity index (χ3n) is 3.45. The normalized spacial score (nSPS) is 18.9. The molecule has 102 valence electrons. The van der Waals surface area contributed by atoms with Crippen molar-refractivity contribution in [3.63, 3.8) is 0 Å². The number of hydrogen-bond donors (Lipinski definition) is 1. The summed E-state index contributed by atoms with van der Waals surface area (Å²) >= 11 is 7.06. The summed E-state index contributed by atoms with van der Waals surface area (Å²) in [6.07, 6.45) is 2.85. The lowest BCUT2D eigenvalue weighted by Gasteiger charge is -2.18. The van der Waals surface area contributed by atoms with Gasteiger partial charge >= 0.3 is 0 Å². The van der Waals surface area contributed by atoms with E-state index in [2.05, 4.69) is 5.32 Å². The summed E-state index contributed by atoms with van der Waals surface area (Å²) in [5.74, 6) is 1.01. The van der Waals surface area contributed by atoms with E-state index in [0.29, 0.717) is 5.11 Å². The number of hydrogen-bond acceptors (Lipinski definition) is 3. The number of anilines is 1. The van der Waals surface area contributed by atoms with Gasteiger partial charge in [0.1, 0.15) is 6.04 Å². The quantitative estimate of drug-likeness (QED) is 0.865. The van der Waals surface area contributed by atoms with Crippen LogP contribution in [0.4, 0.5) is 5.69 Å². The number of rotatable bonds is 4. The number of benzene rings is 1. The van der Waals surface area contributed by atoms with E-state index in [1.165, 1.54) is 5.56 Å². The Kier molecular flexibility index (Phi) is 4.47. The second-order valence-electron chi connectivity index (χ2n) is 4.68. The lowest BCUT2D eigenvalue weighted by Crippen LogP contribution is -2.32. The van der Waals surface area contributed by atoms with E-state index in [1.54, 1.807) is 16.7 Å². The largest absolute Gasteiger partial charge is 0.350 e. The van der Waals surface area contributed by atoms with Crippen LogP contribution in [0.15, 0.2) is 18.2 Å². The SMILES string of the molecule is CSCC[C@@H]1NC(=S)N(c2cccc(C)c2C)C1=O. The highest BCUT2D eigenvalue weighted by atomic mass is 32.2. The highest BCUT2D eigenvalue weighted by Crippen LogP contribution is 2.26. The van der Waals surface area contributed by atoms with Crippen molar-refractivity contribution in [2.75, 3.05) is 16.9 Å². The fourth-order valence-corrected chi connectivity index (χ4v) is 2.97. The molecule has 1 aliphatic heterocycles. The predicted octanol–water partition coefficient (Wildman–Crippen LogP) is 2.65. The average Bonchev–Trinajstić information content (AvgIpc) is 2.66. The van der Waals surface area contributed by atoms with Gasteiger partial charge in [-0.3, -0.25) is 9.69 Å². The van der Waals surface area contributed by atoms with Crippen LogP contribution in [0.2, 0.25) is 0 Å². The number of thiocarbonyl (C=S) groups is 1. The summed E-state index contributed by atoms with van der Waals surface area (Å²) in [4.78, 5) is 14.1. The highest BCUT2D eigenvalue weighted by molar-refractivity contribution is 7.98. The van der Waals surface area contributed by atoms with Gasteiger partial charge in [0.2, 0.25) is 0 Å². The molecule has 3 nitrogen and oxygen atoms in total. The lowest BCUT2D eigenvalue weighted by molar-refractivity contribution is -0.118. The molecule has 1 amide bonds. The zero-order valence-corrected chi connectivity index (χ0v) is 13.0. The van der Waals surface area contributed by atoms with E-state index in [-0.39, 0.29) is 11.9 Å². The number of nitrogens with zero attached hydrogens (tertiary/aromatic N) is 1. The average molecular weight is 294 g/mol. The monoisotopic (exact) mass is 294 g/mol. The van der Waals surface area contributed by atoms with E-state index >= 15 is 0 Å². The van der Waals surface area contributed by atoms with Crippen LogP contribution in [0.5, 0.6) is 0 Å². The molecule has 19 heavy (non-hydrogen) atoms. The van der Waals surface area contributed by atoms with Gasteiger partial charge in [0.05, 0.1) is 5.69 Å². The third-order valence-corrected chi connectivity index (χ3v) is 4.39. The lowest BCUT2D eigenvalue weighted by atomic mass is 10.1. The molecular formula is C14H18N2OS2. The molecule has 1 aliphatic rings. The van der Waals surface area contributed by atoms with Gasteiger partial charge in [0.25, 0.3) is 5.91 Å². The Bertz CT molecular complexity index is 516. The molecule has 1 saturated heterocycles. The minimum atomic E-state index is -0.181. The summed E-state index contributed by atoms with van der Waals surface area (Å²) in [5.41, 5.74) is 3.17. The standard InChI is InChI=1S/C14H18N2OS2/c1-9-5-4-6-12(10(9)2)16-13(17)11(7-8-19-3)15-14(16)18/h4-6,11H,7-8H2,1-3H3,(H,15,18)/t11-/m0/s1. The highest BCUT2D eigenvalue weighted by Gasteiger charge is 2.36. The summed E-state index contributed by atoms with van der Waals surface area (Å²) in [6.45, 7) is 4.07. The molecule has 1 heterocycles. The second kappa shape index (κ2) is 5.92. The van der Waals surface area contributed by atoms with Crippen molar-refractivity contribution >= 4 is 40.7 Å². The van der Waals surface area contributed by atoms with Crippen LogP contribution >= 0.6 is 24.0 Å². The van der Waals surface area contributed by atoms with Crippen LogP contribution in [-0.4, -0.2) is 29.1 Å². The first-order valence-corrected chi connectivity index (χ1v) is 8.06. The molecule has 2 rings (SSSR count). The fraction of sp³-hybridized carbons (Fsp3) is 0.429. The summed E-state index contributed by atoms with van der Waals surface area (Å²) in [7, 11) is 0. The zero-order chi connectivity index (χ0) is 14.0. The van der Waals surface area contributed by atoms with Crippen LogP contribution in [0, 0.1) is 13.8 Å². The molecule has 1 N–H and O–H groups in total. The first-order chi connectivity index (χ1) is 9.06. The van der Waals surface area contributed by atoms with Gasteiger partial charge in [-0.2, -0.15) is 11.8 Å². The van der Waals surface area contributed by atoms with Gasteiger partial charge in [0, 0.05) is 0 Å². The number of amides is 1. The van der Waals surface area contributed by atoms with E-state index in [4.69, 9.17) is 12.2 Å². The molecule has 0 bridgehead atoms. The molecule has 0 spiro atoms. The van der Waals surface area contributed by atoms with Crippen molar-refractivity contribution < 1.29 is 4.79 Å². The maximum absolute atomic E-state index is 12.5. The smallest absolute Gasteiger partial charge is 0.255 e. The van der Waals surface area contributed by atoms with Crippen LogP contribution in [0.3, 0.4) is 0 Å². The van der Waals surface area contributed by atoms with Crippen LogP contribution < -0.4 is 10.2 Å². The summed E-state index contributed by atoms with van der Waals surface area (Å²) in [5, 5.41) is 3.65. The summed E-state index contributed by atoms with van der Waals surface area (Å²) < 4.78 is 0. The minimum absolute atomic E-state index is 0.0627. The van der Waals surface area contributed by atoms with E-state index in [1.807, 2.05) is 38.3 Å². The molecule has 1 aromatic carbocycles. The molecule has 1 atom stereocenters. The van der Waals surface area contributed by atoms with Crippen molar-refractivity contribution in [1.82, 2.24) is 5.32 Å². The van der Waals surface area contributed by atoms with Gasteiger partial charge in [-0.15, -0.1) is 0 Å². The van der Waals surface area contributed by atoms with Gasteiger partial charge in [-0.25, -0.2) is 0 Å². The Hall–Kier alpha value is -1.07. The van der Waals surface area contributed by atoms with Crippen molar-refractivity contribution in [3.05, 3.63) is 29.3 Å². The Balaban J connectivity index is 2.27. The first kappa shape index (κ1) is 14.3. The van der Waals surface area contributed by atoms with Gasteiger partial charge in [-0.05, 0) is 61.7 Å². The number of carbonyl (C=O) groups excluding carboxylic acids is 1. The van der Waals surface area contributed by atoms with E-state index in [0.717, 1.165) is 23.4 Å². The zero-order valence-electron chi connectivity index (χ0n) is 11.4. The maximum atomic E-state index is 12.5. The van der Waals surface area contributed by atoms with Crippen molar-refractivity contribution in [2.24, 2.45) is 0 Å². The number of nitrogens with one attached hydrogen (secondary N) is 1. The molecule has 0 radical (unpaired) electrons. The molecule has 1 aromatic rings. The van der Waals surface area contributed by atoms with Crippen molar-refractivity contribution in [3.8, 4) is 0 Å². The van der Waals surface area contributed by atoms with Crippen LogP contribution in [0.25, 0.3) is 0 Å². The van der Waals surface area contributed by atoms with Gasteiger partial charge in [-0.1, -0.05) is 12.1 Å². The van der Waals surface area contributed by atoms with Crippen molar-refractivity contribution in [1.29, 1.82) is 0 Å². The van der Waals surface area contributed by atoms with Crippen molar-refractivity contribution in [2.45, 2.75) is 26.3 Å². The Morgan fingerprint density at radius 1 is 1.42 bits per heavy atom. The minimum Gasteiger partial charge on any atom is -0.350 e. The number of aryl methyl sites for hydroxylation is 1. The molecular weight excluding hydrogens is 276 g/mol. The topological polar surface area (TPSA) is 32.3 Å². The van der Waals surface area contributed by atoms with Gasteiger partial charge in [0.15, 0.2) is 5.11 Å². The molecule has 0 unspecified atom stereocenters. The number of thioether (sulfide) groups is 1. The Labute approximate surface area is 123 Å². The molecule has 5 heteroatoms. The molecule has 0 aromatic heterocycles.